The van der Waals surface area contributed by atoms with E-state index >= 15 is 0 Å². The van der Waals surface area contributed by atoms with Crippen molar-refractivity contribution in [1.82, 2.24) is 10.6 Å². The van der Waals surface area contributed by atoms with E-state index in [-0.39, 0.29) is 24.9 Å². The first-order chi connectivity index (χ1) is 8.49. The minimum Gasteiger partial charge on any atom is -0.481 e. The van der Waals surface area contributed by atoms with E-state index < -0.39 is 12.0 Å². The number of carboxylic acid groups (broad SMARTS) is 1. The number of nitrogens with one attached hydrogen (secondary N) is 2. The lowest BCUT2D eigenvalue weighted by Gasteiger charge is -2.20. The second-order valence-corrected chi connectivity index (χ2v) is 4.35. The van der Waals surface area contributed by atoms with Crippen LogP contribution in [0, 0.1) is 5.92 Å². The highest BCUT2D eigenvalue weighted by Crippen LogP contribution is 2.06. The molecule has 0 radical (unpaired) electrons. The summed E-state index contributed by atoms with van der Waals surface area (Å²) in [5, 5.41) is 14.0. The van der Waals surface area contributed by atoms with Gasteiger partial charge in [0.2, 0.25) is 0 Å². The van der Waals surface area contributed by atoms with Crippen molar-refractivity contribution in [3.63, 3.8) is 0 Å². The predicted molar refractivity (Wildman–Crippen MR) is 65.0 cm³/mol. The first kappa shape index (κ1) is 14.1. The van der Waals surface area contributed by atoms with Crippen LogP contribution in [0.4, 0.5) is 4.79 Å². The molecule has 18 heavy (non-hydrogen) atoms. The van der Waals surface area contributed by atoms with E-state index in [9.17, 15) is 9.59 Å². The van der Waals surface area contributed by atoms with Crippen LogP contribution in [0.5, 0.6) is 0 Å². The molecule has 0 saturated heterocycles. The van der Waals surface area contributed by atoms with Gasteiger partial charge in [-0.05, 0) is 18.1 Å². The molecule has 0 bridgehead atoms. The minimum absolute atomic E-state index is 0.0514. The number of furan rings is 1. The molecular formula is C12H18N2O4. The molecule has 0 aliphatic carbocycles. The van der Waals surface area contributed by atoms with Crippen molar-refractivity contribution < 1.29 is 19.1 Å². The summed E-state index contributed by atoms with van der Waals surface area (Å²) < 4.78 is 5.06. The highest BCUT2D eigenvalue weighted by molar-refractivity contribution is 5.75. The van der Waals surface area contributed by atoms with E-state index in [2.05, 4.69) is 10.6 Å². The number of carbonyl (C=O) groups excluding carboxylic acids is 1. The second-order valence-electron chi connectivity index (χ2n) is 4.35. The van der Waals surface area contributed by atoms with Crippen LogP contribution in [0.25, 0.3) is 0 Å². The Morgan fingerprint density at radius 1 is 1.44 bits per heavy atom. The average Bonchev–Trinajstić information content (AvgIpc) is 2.77. The van der Waals surface area contributed by atoms with Gasteiger partial charge in [0.05, 0.1) is 19.2 Å². The summed E-state index contributed by atoms with van der Waals surface area (Å²) in [4.78, 5) is 22.2. The maximum atomic E-state index is 11.6. The molecule has 2 amide bonds. The molecule has 0 aliphatic rings. The first-order valence-electron chi connectivity index (χ1n) is 5.77. The zero-order chi connectivity index (χ0) is 13.5. The number of rotatable bonds is 6. The molecule has 1 aromatic heterocycles. The van der Waals surface area contributed by atoms with Gasteiger partial charge in [-0.25, -0.2) is 4.79 Å². The number of hydrogen-bond acceptors (Lipinski definition) is 3. The largest absolute Gasteiger partial charge is 0.481 e. The summed E-state index contributed by atoms with van der Waals surface area (Å²) >= 11 is 0. The summed E-state index contributed by atoms with van der Waals surface area (Å²) in [6, 6.07) is 2.69. The van der Waals surface area contributed by atoms with E-state index in [0.717, 1.165) is 0 Å². The number of aliphatic carboxylic acids is 1. The topological polar surface area (TPSA) is 91.6 Å². The van der Waals surface area contributed by atoms with Gasteiger partial charge in [-0.1, -0.05) is 13.8 Å². The van der Waals surface area contributed by atoms with E-state index in [0.29, 0.717) is 5.76 Å². The number of hydrogen-bond donors (Lipinski definition) is 3. The molecule has 0 fully saturated rings. The lowest BCUT2D eigenvalue weighted by atomic mass is 10.0. The Bertz CT molecular complexity index is 387. The molecule has 1 rings (SSSR count). The SMILES string of the molecule is CC(C)C(CC(=O)O)NC(=O)NCc1ccco1. The smallest absolute Gasteiger partial charge is 0.315 e. The van der Waals surface area contributed by atoms with E-state index in [1.54, 1.807) is 12.1 Å². The average molecular weight is 254 g/mol. The third kappa shape index (κ3) is 4.90. The summed E-state index contributed by atoms with van der Waals surface area (Å²) in [6.45, 7) is 4.00. The zero-order valence-corrected chi connectivity index (χ0v) is 10.5. The summed E-state index contributed by atoms with van der Waals surface area (Å²) in [5.74, 6) is -0.236. The van der Waals surface area contributed by atoms with Gasteiger partial charge in [0, 0.05) is 6.04 Å². The second kappa shape index (κ2) is 6.68. The number of amides is 2. The normalized spacial score (nSPS) is 12.2. The Labute approximate surface area is 105 Å². The van der Waals surface area contributed by atoms with Crippen LogP contribution in [0.2, 0.25) is 0 Å². The van der Waals surface area contributed by atoms with Crippen molar-refractivity contribution in [3.8, 4) is 0 Å². The lowest BCUT2D eigenvalue weighted by Crippen LogP contribution is -2.45. The van der Waals surface area contributed by atoms with Gasteiger partial charge in [-0.2, -0.15) is 0 Å². The van der Waals surface area contributed by atoms with Gasteiger partial charge in [-0.15, -0.1) is 0 Å². The van der Waals surface area contributed by atoms with Crippen LogP contribution >= 0.6 is 0 Å². The summed E-state index contributed by atoms with van der Waals surface area (Å²) in [7, 11) is 0. The Balaban J connectivity index is 2.38. The fourth-order valence-electron chi connectivity index (χ4n) is 1.44. The Morgan fingerprint density at radius 3 is 2.67 bits per heavy atom. The lowest BCUT2D eigenvalue weighted by molar-refractivity contribution is -0.137. The molecule has 6 heteroatoms. The van der Waals surface area contributed by atoms with Crippen molar-refractivity contribution in [2.24, 2.45) is 5.92 Å². The van der Waals surface area contributed by atoms with Gasteiger partial charge in [0.25, 0.3) is 0 Å². The number of carboxylic acids is 1. The maximum Gasteiger partial charge on any atom is 0.315 e. The highest BCUT2D eigenvalue weighted by atomic mass is 16.4. The molecular weight excluding hydrogens is 236 g/mol. The maximum absolute atomic E-state index is 11.6. The zero-order valence-electron chi connectivity index (χ0n) is 10.5. The van der Waals surface area contributed by atoms with Gasteiger partial charge in [0.15, 0.2) is 0 Å². The molecule has 0 saturated carbocycles. The Hall–Kier alpha value is -1.98. The van der Waals surface area contributed by atoms with Crippen LogP contribution < -0.4 is 10.6 Å². The van der Waals surface area contributed by atoms with Gasteiger partial charge in [0.1, 0.15) is 5.76 Å². The molecule has 1 aromatic rings. The molecule has 1 atom stereocenters. The molecule has 1 heterocycles. The molecule has 0 aliphatic heterocycles. The van der Waals surface area contributed by atoms with Gasteiger partial charge in [-0.3, -0.25) is 4.79 Å². The summed E-state index contributed by atoms with van der Waals surface area (Å²) in [6.07, 6.45) is 1.43. The van der Waals surface area contributed by atoms with Crippen LogP contribution in [-0.4, -0.2) is 23.1 Å². The van der Waals surface area contributed by atoms with Gasteiger partial charge < -0.3 is 20.2 Å². The standard InChI is InChI=1S/C12H18N2O4/c1-8(2)10(6-11(15)16)14-12(17)13-7-9-4-3-5-18-9/h3-5,8,10H,6-7H2,1-2H3,(H,15,16)(H2,13,14,17). The van der Waals surface area contributed by atoms with Crippen LogP contribution in [0.1, 0.15) is 26.0 Å². The van der Waals surface area contributed by atoms with E-state index in [1.165, 1.54) is 6.26 Å². The third-order valence-electron chi connectivity index (χ3n) is 2.52. The fourth-order valence-corrected chi connectivity index (χ4v) is 1.44. The molecule has 1 unspecified atom stereocenters. The van der Waals surface area contributed by atoms with E-state index in [1.807, 2.05) is 13.8 Å². The van der Waals surface area contributed by atoms with Crippen molar-refractivity contribution in [2.45, 2.75) is 32.9 Å². The molecule has 6 nitrogen and oxygen atoms in total. The Morgan fingerprint density at radius 2 is 2.17 bits per heavy atom. The monoisotopic (exact) mass is 254 g/mol. The number of urea groups is 1. The molecule has 0 spiro atoms. The van der Waals surface area contributed by atoms with Crippen LogP contribution in [0.3, 0.4) is 0 Å². The van der Waals surface area contributed by atoms with Crippen molar-refractivity contribution >= 4 is 12.0 Å². The minimum atomic E-state index is -0.931. The van der Waals surface area contributed by atoms with Crippen molar-refractivity contribution in [3.05, 3.63) is 24.2 Å². The van der Waals surface area contributed by atoms with Crippen LogP contribution in [0.15, 0.2) is 22.8 Å². The van der Waals surface area contributed by atoms with Crippen LogP contribution in [-0.2, 0) is 11.3 Å². The van der Waals surface area contributed by atoms with Crippen molar-refractivity contribution in [1.29, 1.82) is 0 Å². The first-order valence-corrected chi connectivity index (χ1v) is 5.77. The fraction of sp³-hybridized carbons (Fsp3) is 0.500. The Kier molecular flexibility index (Phi) is 5.23. The number of carbonyl (C=O) groups is 2. The third-order valence-corrected chi connectivity index (χ3v) is 2.52. The quantitative estimate of drug-likeness (QED) is 0.718. The molecule has 0 aromatic carbocycles. The van der Waals surface area contributed by atoms with Crippen molar-refractivity contribution in [2.75, 3.05) is 0 Å². The van der Waals surface area contributed by atoms with E-state index in [4.69, 9.17) is 9.52 Å². The predicted octanol–water partition coefficient (Wildman–Crippen LogP) is 1.58. The highest BCUT2D eigenvalue weighted by Gasteiger charge is 2.19. The van der Waals surface area contributed by atoms with Gasteiger partial charge >= 0.3 is 12.0 Å². The molecule has 100 valence electrons. The summed E-state index contributed by atoms with van der Waals surface area (Å²) in [5.41, 5.74) is 0. The molecule has 3 N–H and O–H groups in total.